The monoisotopic (exact) mass is 449 g/mol. The van der Waals surface area contributed by atoms with Gasteiger partial charge in [0.15, 0.2) is 0 Å². The molecule has 0 saturated carbocycles. The van der Waals surface area contributed by atoms with E-state index >= 15 is 0 Å². The number of sulfonamides is 1. The van der Waals surface area contributed by atoms with Crippen LogP contribution in [-0.2, 0) is 21.2 Å². The number of rotatable bonds is 6. The standard InChI is InChI=1S/C21H27N3O4S2/c1-21(2,3)23-20(26)16-8-4-5-9-17(16)22-18(25)14-15-10-11-19(29-15)30(27,28)24-12-6-7-13-24/h4-5,8-11H,6-7,12-14H2,1-3H3,(H,22,25)(H,23,26). The van der Waals surface area contributed by atoms with Gasteiger partial charge in [-0.15, -0.1) is 11.3 Å². The molecule has 1 aliphatic heterocycles. The van der Waals surface area contributed by atoms with Crippen molar-refractivity contribution >= 4 is 38.9 Å². The lowest BCUT2D eigenvalue weighted by Crippen LogP contribution is -2.40. The predicted octanol–water partition coefficient (Wildman–Crippen LogP) is 3.24. The summed E-state index contributed by atoms with van der Waals surface area (Å²) in [5, 5.41) is 5.66. The summed E-state index contributed by atoms with van der Waals surface area (Å²) in [5.74, 6) is -0.577. The summed E-state index contributed by atoms with van der Waals surface area (Å²) in [6, 6.07) is 10.0. The van der Waals surface area contributed by atoms with Crippen LogP contribution in [0.3, 0.4) is 0 Å². The summed E-state index contributed by atoms with van der Waals surface area (Å²) in [6.45, 7) is 6.75. The molecule has 162 valence electrons. The Kier molecular flexibility index (Phi) is 6.64. The van der Waals surface area contributed by atoms with Gasteiger partial charge in [0.1, 0.15) is 4.21 Å². The Hall–Kier alpha value is -2.23. The number of carbonyl (C=O) groups excluding carboxylic acids is 2. The third kappa shape index (κ3) is 5.47. The Balaban J connectivity index is 1.69. The maximum absolute atomic E-state index is 12.6. The zero-order valence-electron chi connectivity index (χ0n) is 17.4. The molecule has 1 fully saturated rings. The molecule has 2 N–H and O–H groups in total. The van der Waals surface area contributed by atoms with Crippen LogP contribution >= 0.6 is 11.3 Å². The van der Waals surface area contributed by atoms with Gasteiger partial charge in [0.25, 0.3) is 15.9 Å². The number of thiophene rings is 1. The van der Waals surface area contributed by atoms with Crippen LogP contribution in [0.1, 0.15) is 48.8 Å². The normalized spacial score (nSPS) is 15.2. The molecule has 0 spiro atoms. The molecule has 0 bridgehead atoms. The van der Waals surface area contributed by atoms with E-state index in [-0.39, 0.29) is 22.4 Å². The van der Waals surface area contributed by atoms with Crippen molar-refractivity contribution in [3.8, 4) is 0 Å². The fourth-order valence-electron chi connectivity index (χ4n) is 3.20. The van der Waals surface area contributed by atoms with Gasteiger partial charge in [0.05, 0.1) is 17.7 Å². The van der Waals surface area contributed by atoms with Gasteiger partial charge in [-0.1, -0.05) is 12.1 Å². The Morgan fingerprint density at radius 3 is 2.40 bits per heavy atom. The largest absolute Gasteiger partial charge is 0.347 e. The molecule has 3 rings (SSSR count). The fraction of sp³-hybridized carbons (Fsp3) is 0.429. The molecule has 0 radical (unpaired) electrons. The van der Waals surface area contributed by atoms with Gasteiger partial charge in [0, 0.05) is 23.5 Å². The van der Waals surface area contributed by atoms with Gasteiger partial charge in [-0.3, -0.25) is 9.59 Å². The van der Waals surface area contributed by atoms with Gasteiger partial charge in [-0.25, -0.2) is 8.42 Å². The smallest absolute Gasteiger partial charge is 0.253 e. The van der Waals surface area contributed by atoms with Crippen LogP contribution in [0.4, 0.5) is 5.69 Å². The van der Waals surface area contributed by atoms with Crippen LogP contribution in [0.2, 0.25) is 0 Å². The molecule has 9 heteroatoms. The predicted molar refractivity (Wildman–Crippen MR) is 118 cm³/mol. The maximum Gasteiger partial charge on any atom is 0.253 e. The molecule has 2 amide bonds. The summed E-state index contributed by atoms with van der Waals surface area (Å²) in [5.41, 5.74) is 0.401. The summed E-state index contributed by atoms with van der Waals surface area (Å²) in [4.78, 5) is 25.7. The number of hydrogen-bond donors (Lipinski definition) is 2. The van der Waals surface area contributed by atoms with Gasteiger partial charge < -0.3 is 10.6 Å². The van der Waals surface area contributed by atoms with Crippen molar-refractivity contribution in [2.75, 3.05) is 18.4 Å². The van der Waals surface area contributed by atoms with E-state index in [0.717, 1.165) is 24.2 Å². The molecule has 0 aliphatic carbocycles. The molecule has 0 unspecified atom stereocenters. The van der Waals surface area contributed by atoms with Crippen molar-refractivity contribution in [2.24, 2.45) is 0 Å². The van der Waals surface area contributed by atoms with Crippen LogP contribution in [0.25, 0.3) is 0 Å². The van der Waals surface area contributed by atoms with Crippen LogP contribution in [0.5, 0.6) is 0 Å². The highest BCUT2D eigenvalue weighted by atomic mass is 32.2. The third-order valence-electron chi connectivity index (χ3n) is 4.57. The lowest BCUT2D eigenvalue weighted by molar-refractivity contribution is -0.115. The zero-order valence-corrected chi connectivity index (χ0v) is 19.0. The number of nitrogens with one attached hydrogen (secondary N) is 2. The average Bonchev–Trinajstić information content (AvgIpc) is 3.33. The van der Waals surface area contributed by atoms with Crippen molar-refractivity contribution in [3.63, 3.8) is 0 Å². The van der Waals surface area contributed by atoms with E-state index < -0.39 is 15.6 Å². The molecule has 1 saturated heterocycles. The van der Waals surface area contributed by atoms with Crippen molar-refractivity contribution in [3.05, 3.63) is 46.8 Å². The quantitative estimate of drug-likeness (QED) is 0.708. The third-order valence-corrected chi connectivity index (χ3v) is 8.02. The van der Waals surface area contributed by atoms with Crippen LogP contribution in [0.15, 0.2) is 40.6 Å². The van der Waals surface area contributed by atoms with E-state index in [1.165, 1.54) is 4.31 Å². The average molecular weight is 450 g/mol. The number of benzene rings is 1. The zero-order chi connectivity index (χ0) is 21.9. The maximum atomic E-state index is 12.6. The highest BCUT2D eigenvalue weighted by molar-refractivity contribution is 7.91. The number of anilines is 1. The molecule has 1 aromatic carbocycles. The summed E-state index contributed by atoms with van der Waals surface area (Å²) in [6.07, 6.45) is 1.79. The highest BCUT2D eigenvalue weighted by Crippen LogP contribution is 2.28. The Morgan fingerprint density at radius 2 is 1.73 bits per heavy atom. The first-order valence-corrected chi connectivity index (χ1v) is 12.1. The molecular formula is C21H27N3O4S2. The Labute approximate surface area is 181 Å². The highest BCUT2D eigenvalue weighted by Gasteiger charge is 2.28. The van der Waals surface area contributed by atoms with E-state index in [2.05, 4.69) is 10.6 Å². The van der Waals surface area contributed by atoms with Crippen molar-refractivity contribution in [1.82, 2.24) is 9.62 Å². The summed E-state index contributed by atoms with van der Waals surface area (Å²) >= 11 is 1.11. The van der Waals surface area contributed by atoms with Crippen LogP contribution in [0, 0.1) is 0 Å². The minimum Gasteiger partial charge on any atom is -0.347 e. The van der Waals surface area contributed by atoms with E-state index in [4.69, 9.17) is 0 Å². The molecular weight excluding hydrogens is 422 g/mol. The van der Waals surface area contributed by atoms with Gasteiger partial charge in [0.2, 0.25) is 5.91 Å². The number of amides is 2. The Morgan fingerprint density at radius 1 is 1.07 bits per heavy atom. The number of hydrogen-bond acceptors (Lipinski definition) is 5. The van der Waals surface area contributed by atoms with Gasteiger partial charge in [-0.05, 0) is 57.9 Å². The number of nitrogens with zero attached hydrogens (tertiary/aromatic N) is 1. The molecule has 2 aromatic rings. The number of carbonyl (C=O) groups is 2. The van der Waals surface area contributed by atoms with E-state index in [0.29, 0.717) is 29.2 Å². The first-order chi connectivity index (χ1) is 14.1. The van der Waals surface area contributed by atoms with E-state index in [9.17, 15) is 18.0 Å². The summed E-state index contributed by atoms with van der Waals surface area (Å²) < 4.78 is 27.1. The van der Waals surface area contributed by atoms with Gasteiger partial charge in [-0.2, -0.15) is 4.31 Å². The fourth-order valence-corrected chi connectivity index (χ4v) is 6.22. The molecule has 7 nitrogen and oxygen atoms in total. The molecule has 0 atom stereocenters. The molecule has 1 aromatic heterocycles. The van der Waals surface area contributed by atoms with Crippen molar-refractivity contribution in [1.29, 1.82) is 0 Å². The molecule has 2 heterocycles. The van der Waals surface area contributed by atoms with Crippen LogP contribution in [-0.4, -0.2) is 43.2 Å². The first kappa shape index (κ1) is 22.5. The van der Waals surface area contributed by atoms with E-state index in [1.807, 2.05) is 20.8 Å². The topological polar surface area (TPSA) is 95.6 Å². The molecule has 30 heavy (non-hydrogen) atoms. The second-order valence-corrected chi connectivity index (χ2v) is 11.6. The molecule has 1 aliphatic rings. The minimum atomic E-state index is -3.48. The lowest BCUT2D eigenvalue weighted by atomic mass is 10.1. The van der Waals surface area contributed by atoms with Crippen LogP contribution < -0.4 is 10.6 Å². The van der Waals surface area contributed by atoms with Gasteiger partial charge >= 0.3 is 0 Å². The summed E-state index contributed by atoms with van der Waals surface area (Å²) in [7, 11) is -3.48. The second kappa shape index (κ2) is 8.87. The van der Waals surface area contributed by atoms with Crippen molar-refractivity contribution < 1.29 is 18.0 Å². The Bertz CT molecular complexity index is 1030. The first-order valence-electron chi connectivity index (χ1n) is 9.86. The second-order valence-electron chi connectivity index (χ2n) is 8.31. The minimum absolute atomic E-state index is 0.0371. The van der Waals surface area contributed by atoms with Crippen molar-refractivity contribution in [2.45, 2.75) is 49.8 Å². The SMILES string of the molecule is CC(C)(C)NC(=O)c1ccccc1NC(=O)Cc1ccc(S(=O)(=O)N2CCCC2)s1. The van der Waals surface area contributed by atoms with E-state index in [1.54, 1.807) is 36.4 Å². The number of para-hydroxylation sites is 1. The lowest BCUT2D eigenvalue weighted by Gasteiger charge is -2.21.